The van der Waals surface area contributed by atoms with Crippen molar-refractivity contribution in [2.45, 2.75) is 6.92 Å². The van der Waals surface area contributed by atoms with Crippen LogP contribution >= 0.6 is 11.8 Å². The van der Waals surface area contributed by atoms with Gasteiger partial charge in [0, 0.05) is 43.5 Å². The summed E-state index contributed by atoms with van der Waals surface area (Å²) in [5.41, 5.74) is 1.72. The topological polar surface area (TPSA) is 88.6 Å². The Labute approximate surface area is 207 Å². The quantitative estimate of drug-likeness (QED) is 0.565. The van der Waals surface area contributed by atoms with E-state index in [1.54, 1.807) is 23.1 Å². The van der Waals surface area contributed by atoms with Gasteiger partial charge in [0.1, 0.15) is 12.3 Å². The molecule has 3 aliphatic heterocycles. The van der Waals surface area contributed by atoms with E-state index in [1.165, 1.54) is 0 Å². The Morgan fingerprint density at radius 1 is 1.06 bits per heavy atom. The second kappa shape index (κ2) is 9.91. The van der Waals surface area contributed by atoms with E-state index in [9.17, 15) is 14.4 Å². The van der Waals surface area contributed by atoms with Crippen molar-refractivity contribution in [1.29, 1.82) is 0 Å². The van der Waals surface area contributed by atoms with Gasteiger partial charge in [0.25, 0.3) is 11.1 Å². The average molecular weight is 496 g/mol. The summed E-state index contributed by atoms with van der Waals surface area (Å²) in [5.74, 6) is 0.909. The first-order valence-corrected chi connectivity index (χ1v) is 12.2. The molecule has 0 bridgehead atoms. The van der Waals surface area contributed by atoms with Gasteiger partial charge < -0.3 is 24.0 Å². The standard InChI is InChI=1S/C25H25N3O6S/c1-2-32-19-14-21-20(33-16-34-21)12-17(19)13-22-24(30)28(25(31)35-22)15-23(29)27-10-8-26(9-11-27)18-6-4-3-5-7-18/h3-7,12-14H,2,8-11,15-16H2,1H3/b22-13-. The monoisotopic (exact) mass is 495 g/mol. The molecule has 0 radical (unpaired) electrons. The molecular weight excluding hydrogens is 470 g/mol. The largest absolute Gasteiger partial charge is 0.493 e. The second-order valence-electron chi connectivity index (χ2n) is 8.15. The molecule has 2 aromatic rings. The van der Waals surface area contributed by atoms with Crippen molar-refractivity contribution < 1.29 is 28.6 Å². The predicted molar refractivity (Wildman–Crippen MR) is 132 cm³/mol. The first kappa shape index (κ1) is 23.1. The zero-order valence-electron chi connectivity index (χ0n) is 19.3. The zero-order valence-corrected chi connectivity index (χ0v) is 20.1. The molecule has 9 nitrogen and oxygen atoms in total. The SMILES string of the molecule is CCOc1cc2c(cc1/C=C1\SC(=O)N(CC(=O)N3CCN(c4ccccc4)CC3)C1=O)OCO2. The van der Waals surface area contributed by atoms with Crippen LogP contribution in [0.3, 0.4) is 0 Å². The minimum atomic E-state index is -0.489. The van der Waals surface area contributed by atoms with Gasteiger partial charge in [-0.25, -0.2) is 0 Å². The lowest BCUT2D eigenvalue weighted by Crippen LogP contribution is -2.51. The number of rotatable bonds is 6. The number of carbonyl (C=O) groups excluding carboxylic acids is 3. The van der Waals surface area contributed by atoms with E-state index in [0.29, 0.717) is 55.6 Å². The molecule has 0 unspecified atom stereocenters. The fraction of sp³-hybridized carbons (Fsp3) is 0.320. The van der Waals surface area contributed by atoms with E-state index >= 15 is 0 Å². The smallest absolute Gasteiger partial charge is 0.294 e. The number of ether oxygens (including phenoxy) is 3. The van der Waals surface area contributed by atoms with Gasteiger partial charge in [0.05, 0.1) is 11.5 Å². The van der Waals surface area contributed by atoms with Gasteiger partial charge in [-0.1, -0.05) is 18.2 Å². The highest BCUT2D eigenvalue weighted by molar-refractivity contribution is 8.18. The van der Waals surface area contributed by atoms with Crippen LogP contribution in [-0.2, 0) is 9.59 Å². The van der Waals surface area contributed by atoms with Crippen LogP contribution in [0, 0.1) is 0 Å². The Balaban J connectivity index is 1.25. The molecule has 3 amide bonds. The van der Waals surface area contributed by atoms with Crippen LogP contribution in [0.1, 0.15) is 12.5 Å². The van der Waals surface area contributed by atoms with Gasteiger partial charge in [0.15, 0.2) is 11.5 Å². The number of hydrogen-bond donors (Lipinski definition) is 0. The van der Waals surface area contributed by atoms with E-state index in [0.717, 1.165) is 22.3 Å². The summed E-state index contributed by atoms with van der Waals surface area (Å²) in [6, 6.07) is 13.5. The number of para-hydroxylation sites is 1. The number of carbonyl (C=O) groups is 3. The van der Waals surface area contributed by atoms with Crippen molar-refractivity contribution in [2.24, 2.45) is 0 Å². The van der Waals surface area contributed by atoms with Crippen LogP contribution in [0.4, 0.5) is 10.5 Å². The highest BCUT2D eigenvalue weighted by Gasteiger charge is 2.38. The fourth-order valence-corrected chi connectivity index (χ4v) is 5.03. The molecule has 5 rings (SSSR count). The Morgan fingerprint density at radius 2 is 1.77 bits per heavy atom. The van der Waals surface area contributed by atoms with Crippen LogP contribution in [0.15, 0.2) is 47.4 Å². The van der Waals surface area contributed by atoms with Crippen LogP contribution in [0.25, 0.3) is 6.08 Å². The lowest BCUT2D eigenvalue weighted by atomic mass is 10.1. The summed E-state index contributed by atoms with van der Waals surface area (Å²) in [6.45, 7) is 4.59. The molecule has 3 heterocycles. The summed E-state index contributed by atoms with van der Waals surface area (Å²) in [6.07, 6.45) is 1.60. The number of fused-ring (bicyclic) bond motifs is 1. The summed E-state index contributed by atoms with van der Waals surface area (Å²) in [5, 5.41) is -0.462. The first-order chi connectivity index (χ1) is 17.0. The van der Waals surface area contributed by atoms with Crippen molar-refractivity contribution >= 4 is 40.6 Å². The molecule has 0 aromatic heterocycles. The molecular formula is C25H25N3O6S. The maximum atomic E-state index is 13.0. The number of piperazine rings is 1. The van der Waals surface area contributed by atoms with Crippen molar-refractivity contribution in [3.8, 4) is 17.2 Å². The number of hydrogen-bond acceptors (Lipinski definition) is 8. The molecule has 0 aliphatic carbocycles. The maximum absolute atomic E-state index is 13.0. The van der Waals surface area contributed by atoms with Crippen molar-refractivity contribution in [2.75, 3.05) is 51.0 Å². The molecule has 2 fully saturated rings. The molecule has 3 aliphatic rings. The van der Waals surface area contributed by atoms with Gasteiger partial charge in [0.2, 0.25) is 12.7 Å². The normalized spacial score (nSPS) is 18.5. The zero-order chi connectivity index (χ0) is 24.4. The van der Waals surface area contributed by atoms with Crippen LogP contribution in [0.2, 0.25) is 0 Å². The van der Waals surface area contributed by atoms with E-state index < -0.39 is 11.1 Å². The number of benzene rings is 2. The second-order valence-corrected chi connectivity index (χ2v) is 9.14. The Bertz CT molecular complexity index is 1180. The number of amides is 3. The molecule has 2 aromatic carbocycles. The van der Waals surface area contributed by atoms with E-state index in [2.05, 4.69) is 4.90 Å². The van der Waals surface area contributed by atoms with Crippen LogP contribution < -0.4 is 19.1 Å². The average Bonchev–Trinajstić information content (AvgIpc) is 3.44. The number of imide groups is 1. The minimum absolute atomic E-state index is 0.114. The highest BCUT2D eigenvalue weighted by atomic mass is 32.2. The molecule has 10 heteroatoms. The first-order valence-electron chi connectivity index (χ1n) is 11.4. The van der Waals surface area contributed by atoms with Gasteiger partial charge in [-0.05, 0) is 43.0 Å². The third kappa shape index (κ3) is 4.79. The Kier molecular flexibility index (Phi) is 6.54. The lowest BCUT2D eigenvalue weighted by Gasteiger charge is -2.36. The van der Waals surface area contributed by atoms with Crippen molar-refractivity contribution in [3.05, 3.63) is 52.9 Å². The van der Waals surface area contributed by atoms with Gasteiger partial charge in [-0.3, -0.25) is 19.3 Å². The molecule has 35 heavy (non-hydrogen) atoms. The van der Waals surface area contributed by atoms with Gasteiger partial charge in [-0.2, -0.15) is 0 Å². The highest BCUT2D eigenvalue weighted by Crippen LogP contribution is 2.41. The molecule has 0 spiro atoms. The molecule has 0 atom stereocenters. The fourth-order valence-electron chi connectivity index (χ4n) is 4.20. The van der Waals surface area contributed by atoms with Gasteiger partial charge in [-0.15, -0.1) is 0 Å². The molecule has 0 saturated carbocycles. The van der Waals surface area contributed by atoms with E-state index in [1.807, 2.05) is 37.3 Å². The van der Waals surface area contributed by atoms with Crippen LogP contribution in [0.5, 0.6) is 17.2 Å². The molecule has 0 N–H and O–H groups in total. The van der Waals surface area contributed by atoms with E-state index in [-0.39, 0.29) is 24.2 Å². The summed E-state index contributed by atoms with van der Waals surface area (Å²) in [4.78, 5) is 43.7. The predicted octanol–water partition coefficient (Wildman–Crippen LogP) is 3.20. The van der Waals surface area contributed by atoms with Crippen LogP contribution in [-0.4, -0.2) is 73.0 Å². The number of nitrogens with zero attached hydrogens (tertiary/aromatic N) is 3. The third-order valence-corrected chi connectivity index (χ3v) is 6.92. The summed E-state index contributed by atoms with van der Waals surface area (Å²) < 4.78 is 16.5. The number of anilines is 1. The summed E-state index contributed by atoms with van der Waals surface area (Å²) in [7, 11) is 0. The lowest BCUT2D eigenvalue weighted by molar-refractivity contribution is -0.136. The van der Waals surface area contributed by atoms with Gasteiger partial charge >= 0.3 is 0 Å². The Hall–Kier alpha value is -3.66. The molecule has 2 saturated heterocycles. The molecule has 182 valence electrons. The Morgan fingerprint density at radius 3 is 2.49 bits per heavy atom. The van der Waals surface area contributed by atoms with Crippen molar-refractivity contribution in [1.82, 2.24) is 9.80 Å². The maximum Gasteiger partial charge on any atom is 0.294 e. The summed E-state index contributed by atoms with van der Waals surface area (Å²) >= 11 is 0.815. The minimum Gasteiger partial charge on any atom is -0.493 e. The number of thioether (sulfide) groups is 1. The van der Waals surface area contributed by atoms with E-state index in [4.69, 9.17) is 14.2 Å². The van der Waals surface area contributed by atoms with Crippen molar-refractivity contribution in [3.63, 3.8) is 0 Å². The third-order valence-electron chi connectivity index (χ3n) is 6.01.